The van der Waals surface area contributed by atoms with Crippen molar-refractivity contribution in [2.24, 2.45) is 11.1 Å². The molecule has 0 radical (unpaired) electrons. The minimum absolute atomic E-state index is 0.0253. The van der Waals surface area contributed by atoms with E-state index in [9.17, 15) is 9.59 Å². The molecule has 0 aromatic rings. The van der Waals surface area contributed by atoms with Gasteiger partial charge in [-0.3, -0.25) is 9.59 Å². The van der Waals surface area contributed by atoms with E-state index in [-0.39, 0.29) is 17.9 Å². The van der Waals surface area contributed by atoms with E-state index >= 15 is 0 Å². The van der Waals surface area contributed by atoms with Crippen LogP contribution in [0.5, 0.6) is 0 Å². The number of carbonyl (C=O) groups is 2. The van der Waals surface area contributed by atoms with E-state index in [2.05, 4.69) is 10.6 Å². The van der Waals surface area contributed by atoms with E-state index in [1.165, 1.54) is 0 Å². The minimum atomic E-state index is -0.578. The van der Waals surface area contributed by atoms with Crippen molar-refractivity contribution in [1.82, 2.24) is 10.6 Å². The Hall–Kier alpha value is -1.10. The van der Waals surface area contributed by atoms with Crippen LogP contribution in [0, 0.1) is 5.41 Å². The van der Waals surface area contributed by atoms with Crippen LogP contribution < -0.4 is 16.4 Å². The second kappa shape index (κ2) is 7.27. The molecule has 0 fully saturated rings. The summed E-state index contributed by atoms with van der Waals surface area (Å²) < 4.78 is 0. The van der Waals surface area contributed by atoms with E-state index < -0.39 is 5.41 Å². The lowest BCUT2D eigenvalue weighted by Gasteiger charge is -2.22. The van der Waals surface area contributed by atoms with E-state index in [1.807, 2.05) is 6.92 Å². The van der Waals surface area contributed by atoms with Crippen molar-refractivity contribution < 1.29 is 9.59 Å². The molecule has 0 spiro atoms. The van der Waals surface area contributed by atoms with Gasteiger partial charge in [0.05, 0.1) is 5.41 Å². The zero-order valence-electron chi connectivity index (χ0n) is 11.3. The summed E-state index contributed by atoms with van der Waals surface area (Å²) in [6, 6.07) is 0.130. The van der Waals surface area contributed by atoms with Crippen molar-refractivity contribution in [1.29, 1.82) is 0 Å². The molecule has 0 bridgehead atoms. The first-order chi connectivity index (χ1) is 7.79. The van der Waals surface area contributed by atoms with Crippen LogP contribution in [-0.4, -0.2) is 31.4 Å². The zero-order valence-corrected chi connectivity index (χ0v) is 11.3. The molecule has 0 rings (SSSR count). The second-order valence-electron chi connectivity index (χ2n) is 5.11. The van der Waals surface area contributed by atoms with Gasteiger partial charge >= 0.3 is 0 Å². The molecule has 0 aliphatic rings. The number of amides is 2. The number of rotatable bonds is 7. The van der Waals surface area contributed by atoms with Gasteiger partial charge in [-0.1, -0.05) is 0 Å². The summed E-state index contributed by atoms with van der Waals surface area (Å²) in [5, 5.41) is 5.35. The van der Waals surface area contributed by atoms with Crippen molar-refractivity contribution in [3.8, 4) is 0 Å². The number of hydrogen-bond acceptors (Lipinski definition) is 3. The fourth-order valence-corrected chi connectivity index (χ4v) is 1.41. The van der Waals surface area contributed by atoms with Crippen LogP contribution in [0.3, 0.4) is 0 Å². The molecule has 17 heavy (non-hydrogen) atoms. The first kappa shape index (κ1) is 15.9. The molecular formula is C12H25N3O2. The predicted octanol–water partition coefficient (Wildman–Crippen LogP) is 0.392. The zero-order chi connectivity index (χ0) is 13.5. The van der Waals surface area contributed by atoms with Gasteiger partial charge in [0.1, 0.15) is 0 Å². The molecule has 0 heterocycles. The maximum Gasteiger partial charge on any atom is 0.227 e. The Morgan fingerprint density at radius 1 is 1.35 bits per heavy atom. The highest BCUT2D eigenvalue weighted by atomic mass is 16.2. The maximum atomic E-state index is 11.5. The summed E-state index contributed by atoms with van der Waals surface area (Å²) in [6.45, 7) is 5.87. The molecule has 0 aliphatic heterocycles. The number of nitrogens with two attached hydrogens (primary N) is 1. The van der Waals surface area contributed by atoms with E-state index in [0.29, 0.717) is 13.0 Å². The molecule has 1 atom stereocenters. The van der Waals surface area contributed by atoms with Gasteiger partial charge in [0.2, 0.25) is 11.8 Å². The highest BCUT2D eigenvalue weighted by molar-refractivity contribution is 5.83. The molecule has 1 unspecified atom stereocenters. The first-order valence-electron chi connectivity index (χ1n) is 6.04. The summed E-state index contributed by atoms with van der Waals surface area (Å²) in [7, 11) is 1.59. The van der Waals surface area contributed by atoms with E-state index in [1.54, 1.807) is 20.9 Å². The number of hydrogen-bond donors (Lipinski definition) is 3. The van der Waals surface area contributed by atoms with Gasteiger partial charge in [0.15, 0.2) is 0 Å². The molecule has 0 saturated heterocycles. The third-order valence-corrected chi connectivity index (χ3v) is 2.63. The highest BCUT2D eigenvalue weighted by Crippen LogP contribution is 2.13. The normalized spacial score (nSPS) is 13.0. The molecular weight excluding hydrogens is 218 g/mol. The van der Waals surface area contributed by atoms with Crippen molar-refractivity contribution in [3.63, 3.8) is 0 Å². The molecule has 4 N–H and O–H groups in total. The summed E-state index contributed by atoms with van der Waals surface area (Å²) in [5.41, 5.74) is 5.02. The van der Waals surface area contributed by atoms with Gasteiger partial charge < -0.3 is 16.4 Å². The van der Waals surface area contributed by atoms with Crippen LogP contribution in [0.15, 0.2) is 0 Å². The monoisotopic (exact) mass is 243 g/mol. The van der Waals surface area contributed by atoms with Crippen molar-refractivity contribution in [2.75, 3.05) is 13.6 Å². The fraction of sp³-hybridized carbons (Fsp3) is 0.833. The third kappa shape index (κ3) is 6.94. The summed E-state index contributed by atoms with van der Waals surface area (Å²) >= 11 is 0. The number of carbonyl (C=O) groups excluding carboxylic acids is 2. The summed E-state index contributed by atoms with van der Waals surface area (Å²) in [6.07, 6.45) is 2.08. The second-order valence-corrected chi connectivity index (χ2v) is 5.11. The lowest BCUT2D eigenvalue weighted by molar-refractivity contribution is -0.129. The summed E-state index contributed by atoms with van der Waals surface area (Å²) in [5.74, 6) is -0.101. The third-order valence-electron chi connectivity index (χ3n) is 2.63. The highest BCUT2D eigenvalue weighted by Gasteiger charge is 2.26. The standard InChI is InChI=1S/C12H25N3O2/c1-9(13)6-5-7-10(16)15-8-12(2,3)11(17)14-4/h9H,5-8,13H2,1-4H3,(H,14,17)(H,15,16). The lowest BCUT2D eigenvalue weighted by atomic mass is 9.92. The molecule has 0 aromatic carbocycles. The van der Waals surface area contributed by atoms with Crippen LogP contribution >= 0.6 is 0 Å². The Morgan fingerprint density at radius 3 is 2.41 bits per heavy atom. The van der Waals surface area contributed by atoms with Gasteiger partial charge in [-0.2, -0.15) is 0 Å². The molecule has 5 heteroatoms. The van der Waals surface area contributed by atoms with Gasteiger partial charge in [0.25, 0.3) is 0 Å². The van der Waals surface area contributed by atoms with Gasteiger partial charge in [-0.05, 0) is 33.6 Å². The quantitative estimate of drug-likeness (QED) is 0.605. The molecule has 2 amide bonds. The van der Waals surface area contributed by atoms with E-state index in [4.69, 9.17) is 5.73 Å². The van der Waals surface area contributed by atoms with Gasteiger partial charge in [-0.25, -0.2) is 0 Å². The minimum Gasteiger partial charge on any atom is -0.359 e. The molecule has 100 valence electrons. The molecule has 5 nitrogen and oxygen atoms in total. The SMILES string of the molecule is CNC(=O)C(C)(C)CNC(=O)CCCC(C)N. The fourth-order valence-electron chi connectivity index (χ4n) is 1.41. The van der Waals surface area contributed by atoms with Crippen molar-refractivity contribution >= 4 is 11.8 Å². The van der Waals surface area contributed by atoms with Crippen molar-refractivity contribution in [3.05, 3.63) is 0 Å². The Morgan fingerprint density at radius 2 is 1.94 bits per heavy atom. The average molecular weight is 243 g/mol. The molecule has 0 saturated carbocycles. The molecule has 0 aromatic heterocycles. The Balaban J connectivity index is 3.87. The average Bonchev–Trinajstić information content (AvgIpc) is 2.24. The van der Waals surface area contributed by atoms with Crippen LogP contribution in [-0.2, 0) is 9.59 Å². The van der Waals surface area contributed by atoms with Crippen LogP contribution in [0.25, 0.3) is 0 Å². The summed E-state index contributed by atoms with van der Waals surface area (Å²) in [4.78, 5) is 23.0. The molecule has 0 aliphatic carbocycles. The maximum absolute atomic E-state index is 11.5. The Bertz CT molecular complexity index is 262. The topological polar surface area (TPSA) is 84.2 Å². The van der Waals surface area contributed by atoms with Gasteiger partial charge in [0, 0.05) is 26.1 Å². The van der Waals surface area contributed by atoms with Crippen molar-refractivity contribution in [2.45, 2.75) is 46.1 Å². The van der Waals surface area contributed by atoms with Crippen LogP contribution in [0.2, 0.25) is 0 Å². The van der Waals surface area contributed by atoms with Crippen LogP contribution in [0.1, 0.15) is 40.0 Å². The Kier molecular flexibility index (Phi) is 6.80. The van der Waals surface area contributed by atoms with E-state index in [0.717, 1.165) is 12.8 Å². The lowest BCUT2D eigenvalue weighted by Crippen LogP contribution is -2.43. The smallest absolute Gasteiger partial charge is 0.227 e. The first-order valence-corrected chi connectivity index (χ1v) is 6.04. The van der Waals surface area contributed by atoms with Gasteiger partial charge in [-0.15, -0.1) is 0 Å². The number of nitrogens with one attached hydrogen (secondary N) is 2. The predicted molar refractivity (Wildman–Crippen MR) is 68.4 cm³/mol. The van der Waals surface area contributed by atoms with Crippen LogP contribution in [0.4, 0.5) is 0 Å². The Labute approximate surface area is 104 Å². The largest absolute Gasteiger partial charge is 0.359 e.